The van der Waals surface area contributed by atoms with Crippen LogP contribution in [0.1, 0.15) is 18.9 Å². The largest absolute Gasteiger partial charge is 0.325 e. The molecular formula is C12H11ClIN3. The highest BCUT2D eigenvalue weighted by Crippen LogP contribution is 2.37. The van der Waals surface area contributed by atoms with E-state index >= 15 is 0 Å². The van der Waals surface area contributed by atoms with Gasteiger partial charge in [0.2, 0.25) is 5.95 Å². The summed E-state index contributed by atoms with van der Waals surface area (Å²) in [6.45, 7) is 0. The first-order valence-corrected chi connectivity index (χ1v) is 6.94. The Hall–Kier alpha value is -0.750. The second kappa shape index (κ2) is 4.49. The van der Waals surface area contributed by atoms with Gasteiger partial charge in [0.1, 0.15) is 0 Å². The molecule has 1 aliphatic carbocycles. The van der Waals surface area contributed by atoms with E-state index in [2.05, 4.69) is 37.5 Å². The van der Waals surface area contributed by atoms with Crippen LogP contribution in [0.25, 0.3) is 0 Å². The maximum Gasteiger partial charge on any atom is 0.207 e. The molecule has 1 N–H and O–H groups in total. The van der Waals surface area contributed by atoms with E-state index in [-0.39, 0.29) is 0 Å². The van der Waals surface area contributed by atoms with Gasteiger partial charge in [0.05, 0.1) is 5.69 Å². The van der Waals surface area contributed by atoms with Gasteiger partial charge in [-0.15, -0.1) is 0 Å². The van der Waals surface area contributed by atoms with Crippen molar-refractivity contribution in [3.8, 4) is 0 Å². The maximum absolute atomic E-state index is 5.94. The molecule has 0 atom stereocenters. The van der Waals surface area contributed by atoms with Crippen LogP contribution in [0.3, 0.4) is 0 Å². The summed E-state index contributed by atoms with van der Waals surface area (Å²) in [6, 6.07) is 6.44. The molecule has 0 aliphatic heterocycles. The lowest BCUT2D eigenvalue weighted by Crippen LogP contribution is -2.02. The van der Waals surface area contributed by atoms with Gasteiger partial charge in [-0.25, -0.2) is 4.98 Å². The highest BCUT2D eigenvalue weighted by molar-refractivity contribution is 14.1. The van der Waals surface area contributed by atoms with Crippen LogP contribution in [-0.2, 0) is 0 Å². The molecule has 0 amide bonds. The first-order valence-electron chi connectivity index (χ1n) is 5.49. The predicted octanol–water partition coefficient (Wildman–Crippen LogP) is 4.22. The number of nitrogens with zero attached hydrogens (tertiary/aromatic N) is 2. The van der Waals surface area contributed by atoms with Gasteiger partial charge in [0, 0.05) is 27.0 Å². The lowest BCUT2D eigenvalue weighted by molar-refractivity contribution is 0.751. The molecule has 1 aromatic heterocycles. The van der Waals surface area contributed by atoms with Gasteiger partial charge in [-0.05, 0) is 53.6 Å². The second-order valence-electron chi connectivity index (χ2n) is 4.14. The van der Waals surface area contributed by atoms with Crippen LogP contribution in [-0.4, -0.2) is 9.55 Å². The van der Waals surface area contributed by atoms with Gasteiger partial charge < -0.3 is 9.88 Å². The third-order valence-corrected chi connectivity index (χ3v) is 3.91. The maximum atomic E-state index is 5.94. The lowest BCUT2D eigenvalue weighted by Gasteiger charge is -2.10. The molecule has 1 saturated carbocycles. The standard InChI is InChI=1S/C12H11ClIN3/c13-8-1-4-11(10(14)7-8)16-12-15-5-6-17(12)9-2-3-9/h1,4-7,9H,2-3H2,(H,15,16). The molecule has 0 unspecified atom stereocenters. The Morgan fingerprint density at radius 1 is 1.41 bits per heavy atom. The summed E-state index contributed by atoms with van der Waals surface area (Å²) in [4.78, 5) is 4.35. The number of hydrogen-bond donors (Lipinski definition) is 1. The molecule has 1 fully saturated rings. The quantitative estimate of drug-likeness (QED) is 0.832. The van der Waals surface area contributed by atoms with E-state index in [1.54, 1.807) is 0 Å². The summed E-state index contributed by atoms with van der Waals surface area (Å²) >= 11 is 8.21. The molecule has 0 radical (unpaired) electrons. The molecule has 0 spiro atoms. The van der Waals surface area contributed by atoms with Crippen LogP contribution in [0.2, 0.25) is 5.02 Å². The monoisotopic (exact) mass is 359 g/mol. The van der Waals surface area contributed by atoms with Crippen LogP contribution >= 0.6 is 34.2 Å². The Labute approximate surface area is 118 Å². The molecule has 2 aromatic rings. The number of benzene rings is 1. The fraction of sp³-hybridized carbons (Fsp3) is 0.250. The molecule has 3 rings (SSSR count). The van der Waals surface area contributed by atoms with Gasteiger partial charge in [-0.3, -0.25) is 0 Å². The van der Waals surface area contributed by atoms with Crippen LogP contribution < -0.4 is 5.32 Å². The van der Waals surface area contributed by atoms with Crippen molar-refractivity contribution in [2.75, 3.05) is 5.32 Å². The Balaban J connectivity index is 1.88. The van der Waals surface area contributed by atoms with Crippen LogP contribution in [0.5, 0.6) is 0 Å². The molecule has 1 heterocycles. The average Bonchev–Trinajstić information content (AvgIpc) is 3.03. The van der Waals surface area contributed by atoms with E-state index in [0.29, 0.717) is 6.04 Å². The van der Waals surface area contributed by atoms with Crippen molar-refractivity contribution in [3.05, 3.63) is 39.2 Å². The third-order valence-electron chi connectivity index (χ3n) is 2.79. The van der Waals surface area contributed by atoms with E-state index in [0.717, 1.165) is 20.2 Å². The zero-order valence-electron chi connectivity index (χ0n) is 9.03. The number of rotatable bonds is 3. The average molecular weight is 360 g/mol. The Bertz CT molecular complexity index is 548. The topological polar surface area (TPSA) is 29.9 Å². The van der Waals surface area contributed by atoms with Gasteiger partial charge >= 0.3 is 0 Å². The van der Waals surface area contributed by atoms with Crippen molar-refractivity contribution in [2.24, 2.45) is 0 Å². The van der Waals surface area contributed by atoms with E-state index in [1.165, 1.54) is 12.8 Å². The van der Waals surface area contributed by atoms with E-state index in [4.69, 9.17) is 11.6 Å². The van der Waals surface area contributed by atoms with E-state index < -0.39 is 0 Å². The molecule has 17 heavy (non-hydrogen) atoms. The number of halogens is 2. The Kier molecular flexibility index (Phi) is 3.00. The summed E-state index contributed by atoms with van der Waals surface area (Å²) in [5.74, 6) is 0.910. The number of hydrogen-bond acceptors (Lipinski definition) is 2. The first kappa shape index (κ1) is 11.3. The highest BCUT2D eigenvalue weighted by Gasteiger charge is 2.25. The molecule has 3 nitrogen and oxygen atoms in total. The van der Waals surface area contributed by atoms with Crippen molar-refractivity contribution >= 4 is 45.8 Å². The third kappa shape index (κ3) is 2.42. The summed E-state index contributed by atoms with van der Waals surface area (Å²) in [5.41, 5.74) is 1.04. The van der Waals surface area contributed by atoms with Gasteiger partial charge in [0.15, 0.2) is 0 Å². The number of aromatic nitrogens is 2. The highest BCUT2D eigenvalue weighted by atomic mass is 127. The van der Waals surface area contributed by atoms with Gasteiger partial charge in [-0.2, -0.15) is 0 Å². The zero-order chi connectivity index (χ0) is 11.8. The fourth-order valence-electron chi connectivity index (χ4n) is 1.77. The van der Waals surface area contributed by atoms with Crippen molar-refractivity contribution in [3.63, 3.8) is 0 Å². The molecular weight excluding hydrogens is 349 g/mol. The smallest absolute Gasteiger partial charge is 0.207 e. The zero-order valence-corrected chi connectivity index (χ0v) is 11.9. The molecule has 0 saturated heterocycles. The van der Waals surface area contributed by atoms with Crippen LogP contribution in [0.4, 0.5) is 11.6 Å². The number of imidazole rings is 1. The van der Waals surface area contributed by atoms with Crippen molar-refractivity contribution in [1.29, 1.82) is 0 Å². The first-order chi connectivity index (χ1) is 8.24. The van der Waals surface area contributed by atoms with Crippen molar-refractivity contribution < 1.29 is 0 Å². The second-order valence-corrected chi connectivity index (χ2v) is 5.74. The number of nitrogens with one attached hydrogen (secondary N) is 1. The normalized spacial score (nSPS) is 14.9. The van der Waals surface area contributed by atoms with Crippen molar-refractivity contribution in [1.82, 2.24) is 9.55 Å². The van der Waals surface area contributed by atoms with Gasteiger partial charge in [-0.1, -0.05) is 11.6 Å². The minimum atomic E-state index is 0.630. The fourth-order valence-corrected chi connectivity index (χ4v) is 2.77. The Morgan fingerprint density at radius 2 is 2.24 bits per heavy atom. The molecule has 1 aromatic carbocycles. The summed E-state index contributed by atoms with van der Waals surface area (Å²) < 4.78 is 3.30. The summed E-state index contributed by atoms with van der Waals surface area (Å²) in [6.07, 6.45) is 6.37. The van der Waals surface area contributed by atoms with Crippen molar-refractivity contribution in [2.45, 2.75) is 18.9 Å². The SMILES string of the molecule is Clc1ccc(Nc2nccn2C2CC2)c(I)c1. The molecule has 1 aliphatic rings. The molecule has 0 bridgehead atoms. The summed E-state index contributed by atoms with van der Waals surface area (Å²) in [5, 5.41) is 4.11. The molecule has 88 valence electrons. The van der Waals surface area contributed by atoms with Gasteiger partial charge in [0.25, 0.3) is 0 Å². The summed E-state index contributed by atoms with van der Waals surface area (Å²) in [7, 11) is 0. The predicted molar refractivity (Wildman–Crippen MR) is 77.9 cm³/mol. The van der Waals surface area contributed by atoms with E-state index in [9.17, 15) is 0 Å². The lowest BCUT2D eigenvalue weighted by atomic mass is 10.3. The van der Waals surface area contributed by atoms with Crippen LogP contribution in [0, 0.1) is 3.57 Å². The minimum absolute atomic E-state index is 0.630. The number of anilines is 2. The minimum Gasteiger partial charge on any atom is -0.325 e. The van der Waals surface area contributed by atoms with E-state index in [1.807, 2.05) is 30.6 Å². The molecule has 5 heteroatoms. The van der Waals surface area contributed by atoms with Crippen LogP contribution in [0.15, 0.2) is 30.6 Å². The Morgan fingerprint density at radius 3 is 2.94 bits per heavy atom.